The Morgan fingerprint density at radius 1 is 1.18 bits per heavy atom. The molecule has 3 rings (SSSR count). The summed E-state index contributed by atoms with van der Waals surface area (Å²) in [5.41, 5.74) is 3.88. The van der Waals surface area contributed by atoms with Crippen LogP contribution in [0.25, 0.3) is 0 Å². The summed E-state index contributed by atoms with van der Waals surface area (Å²) in [4.78, 5) is 22.5. The van der Waals surface area contributed by atoms with Crippen molar-refractivity contribution >= 4 is 40.8 Å². The van der Waals surface area contributed by atoms with Gasteiger partial charge in [-0.05, 0) is 48.9 Å². The standard InChI is InChI=1S/C22H18ClN5O5/c1-14-6-9-21(19(10-14)28(31)32)33-13-22(30)27-24-12-15-11-16(7-8-20(15)29)25-26-18-5-3-2-4-17(18)23/h2-12,29H,13H2,1H3,(H,27,30)/b24-12+,26-25?. The van der Waals surface area contributed by atoms with Crippen molar-refractivity contribution in [2.24, 2.45) is 15.3 Å². The van der Waals surface area contributed by atoms with Gasteiger partial charge in [0.05, 0.1) is 21.8 Å². The highest BCUT2D eigenvalue weighted by Gasteiger charge is 2.16. The van der Waals surface area contributed by atoms with Crippen LogP contribution in [0.2, 0.25) is 5.02 Å². The van der Waals surface area contributed by atoms with Crippen molar-refractivity contribution in [3.05, 3.63) is 86.9 Å². The van der Waals surface area contributed by atoms with Crippen molar-refractivity contribution in [1.82, 2.24) is 5.43 Å². The monoisotopic (exact) mass is 467 g/mol. The minimum atomic E-state index is -0.643. The fourth-order valence-electron chi connectivity index (χ4n) is 2.59. The number of hydrogen-bond acceptors (Lipinski definition) is 8. The molecule has 0 spiro atoms. The number of rotatable bonds is 8. The quantitative estimate of drug-likeness (QED) is 0.203. The minimum Gasteiger partial charge on any atom is -0.507 e. The lowest BCUT2D eigenvalue weighted by atomic mass is 10.2. The van der Waals surface area contributed by atoms with E-state index in [1.165, 1.54) is 30.5 Å². The molecule has 0 aliphatic carbocycles. The van der Waals surface area contributed by atoms with Crippen molar-refractivity contribution in [2.75, 3.05) is 6.61 Å². The zero-order valence-corrected chi connectivity index (χ0v) is 18.1. The van der Waals surface area contributed by atoms with Crippen molar-refractivity contribution < 1.29 is 19.6 Å². The number of phenols is 1. The fourth-order valence-corrected chi connectivity index (χ4v) is 2.77. The SMILES string of the molecule is Cc1ccc(OCC(=O)N/N=C/c2cc(N=Nc3ccccc3Cl)ccc2O)c([N+](=O)[O-])c1. The van der Waals surface area contributed by atoms with Crippen molar-refractivity contribution in [3.63, 3.8) is 0 Å². The van der Waals surface area contributed by atoms with Crippen LogP contribution in [0.5, 0.6) is 11.5 Å². The van der Waals surface area contributed by atoms with Gasteiger partial charge in [0, 0.05) is 11.6 Å². The molecular weight excluding hydrogens is 450 g/mol. The average molecular weight is 468 g/mol. The van der Waals surface area contributed by atoms with Crippen LogP contribution in [0.3, 0.4) is 0 Å². The molecule has 0 radical (unpaired) electrons. The molecular formula is C22H18ClN5O5. The number of amides is 1. The molecule has 2 N–H and O–H groups in total. The zero-order valence-electron chi connectivity index (χ0n) is 17.3. The van der Waals surface area contributed by atoms with Crippen LogP contribution in [0.15, 0.2) is 76.0 Å². The maximum Gasteiger partial charge on any atom is 0.311 e. The van der Waals surface area contributed by atoms with Gasteiger partial charge in [-0.1, -0.05) is 29.8 Å². The van der Waals surface area contributed by atoms with E-state index in [0.717, 1.165) is 0 Å². The highest BCUT2D eigenvalue weighted by molar-refractivity contribution is 6.32. The van der Waals surface area contributed by atoms with Crippen LogP contribution in [0.1, 0.15) is 11.1 Å². The minimum absolute atomic E-state index is 0.0287. The molecule has 0 fully saturated rings. The molecule has 168 valence electrons. The van der Waals surface area contributed by atoms with Crippen molar-refractivity contribution in [3.8, 4) is 11.5 Å². The molecule has 1 amide bonds. The first-order valence-corrected chi connectivity index (χ1v) is 9.90. The largest absolute Gasteiger partial charge is 0.507 e. The van der Waals surface area contributed by atoms with Gasteiger partial charge in [0.2, 0.25) is 0 Å². The lowest BCUT2D eigenvalue weighted by Gasteiger charge is -2.06. The number of nitrogens with zero attached hydrogens (tertiary/aromatic N) is 4. The van der Waals surface area contributed by atoms with E-state index in [4.69, 9.17) is 16.3 Å². The van der Waals surface area contributed by atoms with Gasteiger partial charge in [0.1, 0.15) is 11.4 Å². The van der Waals surface area contributed by atoms with Gasteiger partial charge in [0.25, 0.3) is 5.91 Å². The predicted molar refractivity (Wildman–Crippen MR) is 123 cm³/mol. The van der Waals surface area contributed by atoms with Crippen molar-refractivity contribution in [1.29, 1.82) is 0 Å². The number of nitrogens with one attached hydrogen (secondary N) is 1. The van der Waals surface area contributed by atoms with E-state index < -0.39 is 17.4 Å². The molecule has 10 nitrogen and oxygen atoms in total. The molecule has 0 saturated carbocycles. The Bertz CT molecular complexity index is 1250. The lowest BCUT2D eigenvalue weighted by Crippen LogP contribution is -2.24. The predicted octanol–water partition coefficient (Wildman–Crippen LogP) is 5.21. The zero-order chi connectivity index (χ0) is 23.8. The molecule has 0 unspecified atom stereocenters. The fraction of sp³-hybridized carbons (Fsp3) is 0.0909. The van der Waals surface area contributed by atoms with Crippen LogP contribution >= 0.6 is 11.6 Å². The van der Waals surface area contributed by atoms with E-state index in [2.05, 4.69) is 20.8 Å². The Kier molecular flexibility index (Phi) is 7.66. The third-order valence-corrected chi connectivity index (χ3v) is 4.52. The number of aromatic hydroxyl groups is 1. The number of hydrazone groups is 1. The smallest absolute Gasteiger partial charge is 0.311 e. The van der Waals surface area contributed by atoms with E-state index in [-0.39, 0.29) is 22.7 Å². The van der Waals surface area contributed by atoms with E-state index >= 15 is 0 Å². The molecule has 0 aliphatic rings. The second-order valence-corrected chi connectivity index (χ2v) is 7.11. The second kappa shape index (κ2) is 10.8. The van der Waals surface area contributed by atoms with Gasteiger partial charge in [-0.3, -0.25) is 14.9 Å². The first-order valence-electron chi connectivity index (χ1n) is 9.52. The molecule has 0 aromatic heterocycles. The second-order valence-electron chi connectivity index (χ2n) is 6.70. The number of ether oxygens (including phenoxy) is 1. The number of carbonyl (C=O) groups is 1. The van der Waals surface area contributed by atoms with Crippen LogP contribution in [0.4, 0.5) is 17.1 Å². The number of azo groups is 1. The van der Waals surface area contributed by atoms with Crippen LogP contribution in [-0.4, -0.2) is 28.8 Å². The molecule has 0 saturated heterocycles. The molecule has 3 aromatic carbocycles. The van der Waals surface area contributed by atoms with Crippen LogP contribution < -0.4 is 10.2 Å². The van der Waals surface area contributed by atoms with E-state index in [1.807, 2.05) is 0 Å². The molecule has 0 atom stereocenters. The van der Waals surface area contributed by atoms with Crippen LogP contribution in [0, 0.1) is 17.0 Å². The number of nitro benzene ring substituents is 1. The molecule has 11 heteroatoms. The summed E-state index contributed by atoms with van der Waals surface area (Å²) in [6, 6.07) is 15.8. The summed E-state index contributed by atoms with van der Waals surface area (Å²) in [6.45, 7) is 1.22. The number of aryl methyl sites for hydroxylation is 1. The number of nitro groups is 1. The lowest BCUT2D eigenvalue weighted by molar-refractivity contribution is -0.385. The summed E-state index contributed by atoms with van der Waals surface area (Å²) in [5.74, 6) is -0.759. The Morgan fingerprint density at radius 2 is 1.97 bits per heavy atom. The van der Waals surface area contributed by atoms with Gasteiger partial charge in [-0.2, -0.15) is 10.2 Å². The van der Waals surface area contributed by atoms with Gasteiger partial charge in [0.15, 0.2) is 12.4 Å². The molecule has 0 heterocycles. The summed E-state index contributed by atoms with van der Waals surface area (Å²) in [6.07, 6.45) is 1.22. The van der Waals surface area contributed by atoms with Crippen molar-refractivity contribution in [2.45, 2.75) is 6.92 Å². The number of halogens is 1. The summed E-state index contributed by atoms with van der Waals surface area (Å²) in [5, 5.41) is 33.5. The molecule has 33 heavy (non-hydrogen) atoms. The third-order valence-electron chi connectivity index (χ3n) is 4.20. The number of hydrogen-bond donors (Lipinski definition) is 2. The Balaban J connectivity index is 1.61. The third kappa shape index (κ3) is 6.58. The average Bonchev–Trinajstić information content (AvgIpc) is 2.79. The Morgan fingerprint density at radius 3 is 2.73 bits per heavy atom. The number of phenolic OH excluding ortho intramolecular Hbond substituents is 1. The molecule has 3 aromatic rings. The normalized spacial score (nSPS) is 11.1. The summed E-state index contributed by atoms with van der Waals surface area (Å²) >= 11 is 6.04. The number of benzene rings is 3. The van der Waals surface area contributed by atoms with E-state index in [1.54, 1.807) is 43.3 Å². The summed E-state index contributed by atoms with van der Waals surface area (Å²) in [7, 11) is 0. The molecule has 0 bridgehead atoms. The first-order chi connectivity index (χ1) is 15.8. The van der Waals surface area contributed by atoms with E-state index in [0.29, 0.717) is 22.0 Å². The van der Waals surface area contributed by atoms with Crippen LogP contribution in [-0.2, 0) is 4.79 Å². The maximum absolute atomic E-state index is 12.0. The maximum atomic E-state index is 12.0. The van der Waals surface area contributed by atoms with Gasteiger partial charge in [-0.25, -0.2) is 5.43 Å². The Labute approximate surface area is 193 Å². The topological polar surface area (TPSA) is 139 Å². The summed E-state index contributed by atoms with van der Waals surface area (Å²) < 4.78 is 5.23. The van der Waals surface area contributed by atoms with Gasteiger partial charge < -0.3 is 9.84 Å². The van der Waals surface area contributed by atoms with Gasteiger partial charge in [-0.15, -0.1) is 5.11 Å². The first kappa shape index (κ1) is 23.4. The molecule has 0 aliphatic heterocycles. The highest BCUT2D eigenvalue weighted by atomic mass is 35.5. The van der Waals surface area contributed by atoms with Gasteiger partial charge >= 0.3 is 5.69 Å². The Hall–Kier alpha value is -4.31. The highest BCUT2D eigenvalue weighted by Crippen LogP contribution is 2.28. The van der Waals surface area contributed by atoms with E-state index in [9.17, 15) is 20.0 Å². The number of carbonyl (C=O) groups excluding carboxylic acids is 1.